The van der Waals surface area contributed by atoms with Crippen LogP contribution in [-0.2, 0) is 9.53 Å². The molecular formula is C28H35N5O3. The van der Waals surface area contributed by atoms with Crippen molar-refractivity contribution in [2.24, 2.45) is 11.7 Å². The summed E-state index contributed by atoms with van der Waals surface area (Å²) in [6.45, 7) is 4.50. The van der Waals surface area contributed by atoms with Crippen LogP contribution in [0, 0.1) is 5.92 Å². The van der Waals surface area contributed by atoms with Crippen molar-refractivity contribution >= 4 is 29.3 Å². The molecule has 0 unspecified atom stereocenters. The van der Waals surface area contributed by atoms with Crippen molar-refractivity contribution in [3.63, 3.8) is 0 Å². The van der Waals surface area contributed by atoms with Crippen LogP contribution >= 0.6 is 0 Å². The van der Waals surface area contributed by atoms with Crippen molar-refractivity contribution in [1.82, 2.24) is 10.3 Å². The number of aldehydes is 1. The number of rotatable bonds is 9. The van der Waals surface area contributed by atoms with E-state index in [4.69, 9.17) is 10.5 Å². The summed E-state index contributed by atoms with van der Waals surface area (Å²) in [7, 11) is 0. The van der Waals surface area contributed by atoms with Crippen LogP contribution in [0.1, 0.15) is 48.2 Å². The zero-order valence-corrected chi connectivity index (χ0v) is 20.6. The lowest BCUT2D eigenvalue weighted by molar-refractivity contribution is -0.105. The first-order valence-electron chi connectivity index (χ1n) is 12.7. The first-order valence-corrected chi connectivity index (χ1v) is 12.7. The van der Waals surface area contributed by atoms with Crippen LogP contribution in [0.2, 0.25) is 0 Å². The van der Waals surface area contributed by atoms with Gasteiger partial charge in [0.15, 0.2) is 6.29 Å². The van der Waals surface area contributed by atoms with Gasteiger partial charge in [0.1, 0.15) is 5.82 Å². The molecule has 1 aromatic carbocycles. The number of ether oxygens (including phenoxy) is 1. The van der Waals surface area contributed by atoms with Gasteiger partial charge in [0.05, 0.1) is 11.4 Å². The quantitative estimate of drug-likeness (QED) is 0.280. The van der Waals surface area contributed by atoms with Crippen LogP contribution < -0.4 is 21.3 Å². The second kappa shape index (κ2) is 12.9. The molecular weight excluding hydrogens is 454 g/mol. The van der Waals surface area contributed by atoms with E-state index < -0.39 is 0 Å². The molecule has 0 aliphatic carbocycles. The molecule has 2 aromatic rings. The Kier molecular flexibility index (Phi) is 9.10. The molecule has 0 saturated carbocycles. The van der Waals surface area contributed by atoms with E-state index in [0.717, 1.165) is 57.2 Å². The molecule has 8 nitrogen and oxygen atoms in total. The maximum atomic E-state index is 12.8. The van der Waals surface area contributed by atoms with Crippen molar-refractivity contribution in [1.29, 1.82) is 0 Å². The fourth-order valence-electron chi connectivity index (χ4n) is 4.55. The van der Waals surface area contributed by atoms with Gasteiger partial charge in [-0.3, -0.25) is 9.59 Å². The van der Waals surface area contributed by atoms with Crippen LogP contribution in [0.4, 0.5) is 11.5 Å². The van der Waals surface area contributed by atoms with Gasteiger partial charge < -0.3 is 26.0 Å². The van der Waals surface area contributed by atoms with Gasteiger partial charge in [-0.1, -0.05) is 6.07 Å². The number of amides is 1. The maximum Gasteiger partial charge on any atom is 0.255 e. The van der Waals surface area contributed by atoms with E-state index in [1.165, 1.54) is 31.5 Å². The largest absolute Gasteiger partial charge is 0.404 e. The van der Waals surface area contributed by atoms with Gasteiger partial charge in [-0.05, 0) is 80.5 Å². The summed E-state index contributed by atoms with van der Waals surface area (Å²) in [5, 5.41) is 6.07. The summed E-state index contributed by atoms with van der Waals surface area (Å²) >= 11 is 0. The molecule has 1 aromatic heterocycles. The monoisotopic (exact) mass is 489 g/mol. The Bertz CT molecular complexity index is 1080. The molecule has 0 radical (unpaired) electrons. The maximum absolute atomic E-state index is 12.8. The van der Waals surface area contributed by atoms with Crippen molar-refractivity contribution in [3.05, 3.63) is 71.7 Å². The molecule has 4 N–H and O–H groups in total. The predicted molar refractivity (Wildman–Crippen MR) is 143 cm³/mol. The Labute approximate surface area is 212 Å². The zero-order valence-electron chi connectivity index (χ0n) is 20.6. The fourth-order valence-corrected chi connectivity index (χ4v) is 4.55. The van der Waals surface area contributed by atoms with Crippen molar-refractivity contribution in [3.8, 4) is 0 Å². The smallest absolute Gasteiger partial charge is 0.255 e. The molecule has 0 bridgehead atoms. The first-order chi connectivity index (χ1) is 17.7. The summed E-state index contributed by atoms with van der Waals surface area (Å²) < 4.78 is 5.42. The van der Waals surface area contributed by atoms with E-state index in [9.17, 15) is 9.59 Å². The van der Waals surface area contributed by atoms with Crippen LogP contribution in [-0.4, -0.2) is 50.0 Å². The Hall–Kier alpha value is -3.65. The number of carbonyl (C=O) groups excluding carboxylic acids is 2. The third-order valence-electron chi connectivity index (χ3n) is 6.68. The van der Waals surface area contributed by atoms with E-state index in [-0.39, 0.29) is 11.6 Å². The van der Waals surface area contributed by atoms with Gasteiger partial charge in [-0.2, -0.15) is 0 Å². The zero-order chi connectivity index (χ0) is 25.2. The molecule has 36 heavy (non-hydrogen) atoms. The fraction of sp³-hybridized carbons (Fsp3) is 0.393. The van der Waals surface area contributed by atoms with Gasteiger partial charge in [0, 0.05) is 55.9 Å². The lowest BCUT2D eigenvalue weighted by atomic mass is 10.0. The van der Waals surface area contributed by atoms with Crippen LogP contribution in [0.15, 0.2) is 60.4 Å². The Morgan fingerprint density at radius 2 is 1.83 bits per heavy atom. The standard InChI is InChI=1S/C28H35N5O3/c29-18-23(26-5-4-6-27(32-26)30-19-21-11-15-36-16-12-21)17-24(20-34)31-28(35)22-7-9-25(10-8-22)33-13-2-1-3-14-33/h4-10,17-18,20-21H,1-3,11-16,19,29H2,(H,30,32)(H,31,35)/b23-18+,24-17+. The molecule has 0 spiro atoms. The second-order valence-corrected chi connectivity index (χ2v) is 9.23. The number of piperidine rings is 1. The molecule has 2 fully saturated rings. The number of anilines is 2. The summed E-state index contributed by atoms with van der Waals surface area (Å²) in [5.41, 5.74) is 8.71. The third-order valence-corrected chi connectivity index (χ3v) is 6.68. The predicted octanol–water partition coefficient (Wildman–Crippen LogP) is 3.72. The highest BCUT2D eigenvalue weighted by Crippen LogP contribution is 2.21. The molecule has 0 atom stereocenters. The molecule has 1 amide bonds. The number of carbonyl (C=O) groups is 2. The van der Waals surface area contributed by atoms with Gasteiger partial charge in [0.25, 0.3) is 5.91 Å². The minimum Gasteiger partial charge on any atom is -0.404 e. The molecule has 2 aliphatic heterocycles. The summed E-state index contributed by atoms with van der Waals surface area (Å²) in [6.07, 6.45) is 9.25. The minimum atomic E-state index is -0.352. The number of nitrogens with zero attached hydrogens (tertiary/aromatic N) is 2. The molecule has 190 valence electrons. The molecule has 3 heterocycles. The summed E-state index contributed by atoms with van der Waals surface area (Å²) in [6, 6.07) is 13.1. The number of allylic oxidation sites excluding steroid dienone is 3. The average molecular weight is 490 g/mol. The SMILES string of the molecule is N/C=C(\C=C(/C=O)NC(=O)c1ccc(N2CCCCC2)cc1)c1cccc(NCC2CCOCC2)n1. The van der Waals surface area contributed by atoms with Gasteiger partial charge in [-0.15, -0.1) is 0 Å². The van der Waals surface area contributed by atoms with Gasteiger partial charge in [0.2, 0.25) is 0 Å². The second-order valence-electron chi connectivity index (χ2n) is 9.23. The number of nitrogens with two attached hydrogens (primary N) is 1. The van der Waals surface area contributed by atoms with Crippen LogP contribution in [0.5, 0.6) is 0 Å². The molecule has 2 saturated heterocycles. The lowest BCUT2D eigenvalue weighted by Crippen LogP contribution is -2.29. The van der Waals surface area contributed by atoms with E-state index in [2.05, 4.69) is 20.5 Å². The number of nitrogens with one attached hydrogen (secondary N) is 2. The number of pyridine rings is 1. The summed E-state index contributed by atoms with van der Waals surface area (Å²) in [4.78, 5) is 31.5. The van der Waals surface area contributed by atoms with Crippen molar-refractivity contribution in [2.75, 3.05) is 43.1 Å². The highest BCUT2D eigenvalue weighted by Gasteiger charge is 2.15. The van der Waals surface area contributed by atoms with Crippen molar-refractivity contribution in [2.45, 2.75) is 32.1 Å². The van der Waals surface area contributed by atoms with E-state index >= 15 is 0 Å². The minimum absolute atomic E-state index is 0.110. The van der Waals surface area contributed by atoms with E-state index in [1.807, 2.05) is 30.3 Å². The number of hydrogen-bond acceptors (Lipinski definition) is 7. The molecule has 8 heteroatoms. The normalized spacial score (nSPS) is 17.5. The van der Waals surface area contributed by atoms with Crippen molar-refractivity contribution < 1.29 is 14.3 Å². The average Bonchev–Trinajstić information content (AvgIpc) is 2.95. The lowest BCUT2D eigenvalue weighted by Gasteiger charge is -2.28. The Balaban J connectivity index is 1.39. The van der Waals surface area contributed by atoms with Crippen LogP contribution in [0.25, 0.3) is 5.57 Å². The highest BCUT2D eigenvalue weighted by atomic mass is 16.5. The van der Waals surface area contributed by atoms with Gasteiger partial charge in [-0.25, -0.2) is 4.98 Å². The molecule has 2 aliphatic rings. The van der Waals surface area contributed by atoms with Gasteiger partial charge >= 0.3 is 0 Å². The Morgan fingerprint density at radius 3 is 2.53 bits per heavy atom. The third kappa shape index (κ3) is 6.95. The topological polar surface area (TPSA) is 110 Å². The Morgan fingerprint density at radius 1 is 1.08 bits per heavy atom. The molecule has 4 rings (SSSR count). The summed E-state index contributed by atoms with van der Waals surface area (Å²) in [5.74, 6) is 0.936. The number of hydrogen-bond donors (Lipinski definition) is 3. The highest BCUT2D eigenvalue weighted by molar-refractivity contribution is 5.99. The van der Waals surface area contributed by atoms with E-state index in [1.54, 1.807) is 12.1 Å². The number of benzene rings is 1. The van der Waals surface area contributed by atoms with E-state index in [0.29, 0.717) is 29.0 Å². The number of aromatic nitrogens is 1. The first kappa shape index (κ1) is 25.4. The van der Waals surface area contributed by atoms with Crippen LogP contribution in [0.3, 0.4) is 0 Å².